The summed E-state index contributed by atoms with van der Waals surface area (Å²) in [5.41, 5.74) is 1.02. The highest BCUT2D eigenvalue weighted by Crippen LogP contribution is 2.35. The number of ether oxygens (including phenoxy) is 2. The molecule has 0 saturated carbocycles. The summed E-state index contributed by atoms with van der Waals surface area (Å²) >= 11 is 9.16. The van der Waals surface area contributed by atoms with Gasteiger partial charge in [0.2, 0.25) is 0 Å². The van der Waals surface area contributed by atoms with Crippen LogP contribution in [0, 0.1) is 0 Å². The first kappa shape index (κ1) is 9.16. The molecule has 0 aromatic heterocycles. The van der Waals surface area contributed by atoms with Gasteiger partial charge in [0.1, 0.15) is 13.2 Å². The fourth-order valence-corrected chi connectivity index (χ4v) is 2.05. The second-order valence-corrected chi connectivity index (χ2v) is 3.84. The summed E-state index contributed by atoms with van der Waals surface area (Å²) < 4.78 is 11.8. The van der Waals surface area contributed by atoms with Gasteiger partial charge in [-0.2, -0.15) is 0 Å². The van der Waals surface area contributed by atoms with Crippen LogP contribution in [0.25, 0.3) is 0 Å². The Labute approximate surface area is 89.9 Å². The summed E-state index contributed by atoms with van der Waals surface area (Å²) in [5, 5.41) is 0. The van der Waals surface area contributed by atoms with Crippen LogP contribution in [0.1, 0.15) is 5.56 Å². The molecule has 4 heteroatoms. The van der Waals surface area contributed by atoms with E-state index in [9.17, 15) is 0 Å². The molecule has 0 N–H and O–H groups in total. The lowest BCUT2D eigenvalue weighted by molar-refractivity contribution is 0.171. The second-order valence-electron chi connectivity index (χ2n) is 2.72. The second kappa shape index (κ2) is 3.76. The third kappa shape index (κ3) is 1.76. The van der Waals surface area contributed by atoms with Crippen LogP contribution in [0.5, 0.6) is 11.5 Å². The predicted octanol–water partition coefficient (Wildman–Crippen LogP) is 2.96. The summed E-state index contributed by atoms with van der Waals surface area (Å²) in [6.45, 7) is 1.22. The van der Waals surface area contributed by atoms with Crippen molar-refractivity contribution in [2.24, 2.45) is 0 Å². The molecule has 0 saturated heterocycles. The topological polar surface area (TPSA) is 18.5 Å². The molecule has 0 spiro atoms. The smallest absolute Gasteiger partial charge is 0.162 e. The standard InChI is InChI=1S/C9H8BrClO2/c10-7-4-9-8(3-6(7)5-11)12-1-2-13-9/h3-4H,1-2,5H2. The van der Waals surface area contributed by atoms with Crippen molar-refractivity contribution in [3.63, 3.8) is 0 Å². The Bertz CT molecular complexity index is 328. The van der Waals surface area contributed by atoms with Gasteiger partial charge < -0.3 is 9.47 Å². The molecule has 0 atom stereocenters. The van der Waals surface area contributed by atoms with Gasteiger partial charge in [0.05, 0.1) is 0 Å². The summed E-state index contributed by atoms with van der Waals surface area (Å²) in [6.07, 6.45) is 0. The molecule has 1 aromatic rings. The van der Waals surface area contributed by atoms with Crippen LogP contribution < -0.4 is 9.47 Å². The molecule has 0 radical (unpaired) electrons. The van der Waals surface area contributed by atoms with E-state index in [1.807, 2.05) is 12.1 Å². The maximum absolute atomic E-state index is 5.75. The van der Waals surface area contributed by atoms with Crippen molar-refractivity contribution < 1.29 is 9.47 Å². The fourth-order valence-electron chi connectivity index (χ4n) is 1.21. The van der Waals surface area contributed by atoms with Crippen LogP contribution in [0.3, 0.4) is 0 Å². The van der Waals surface area contributed by atoms with Crippen molar-refractivity contribution in [1.82, 2.24) is 0 Å². The lowest BCUT2D eigenvalue weighted by Gasteiger charge is -2.19. The number of benzene rings is 1. The quantitative estimate of drug-likeness (QED) is 0.725. The Morgan fingerprint density at radius 1 is 1.23 bits per heavy atom. The number of fused-ring (bicyclic) bond motifs is 1. The zero-order valence-electron chi connectivity index (χ0n) is 6.85. The monoisotopic (exact) mass is 262 g/mol. The number of hydrogen-bond acceptors (Lipinski definition) is 2. The van der Waals surface area contributed by atoms with Gasteiger partial charge >= 0.3 is 0 Å². The largest absolute Gasteiger partial charge is 0.486 e. The van der Waals surface area contributed by atoms with Gasteiger partial charge in [0.15, 0.2) is 11.5 Å². The SMILES string of the molecule is ClCc1cc2c(cc1Br)OCCO2. The molecule has 0 bridgehead atoms. The van der Waals surface area contributed by atoms with Crippen molar-refractivity contribution in [2.45, 2.75) is 5.88 Å². The van der Waals surface area contributed by atoms with Crippen LogP contribution in [-0.4, -0.2) is 13.2 Å². The first-order valence-electron chi connectivity index (χ1n) is 3.95. The molecule has 13 heavy (non-hydrogen) atoms. The van der Waals surface area contributed by atoms with E-state index in [-0.39, 0.29) is 0 Å². The van der Waals surface area contributed by atoms with Crippen LogP contribution in [0.15, 0.2) is 16.6 Å². The average molecular weight is 264 g/mol. The maximum atomic E-state index is 5.75. The van der Waals surface area contributed by atoms with E-state index in [1.54, 1.807) is 0 Å². The zero-order valence-corrected chi connectivity index (χ0v) is 9.19. The molecule has 2 nitrogen and oxygen atoms in total. The highest BCUT2D eigenvalue weighted by Gasteiger charge is 2.13. The first-order chi connectivity index (χ1) is 6.31. The van der Waals surface area contributed by atoms with Crippen LogP contribution in [0.4, 0.5) is 0 Å². The van der Waals surface area contributed by atoms with Gasteiger partial charge in [0.25, 0.3) is 0 Å². The Morgan fingerprint density at radius 2 is 1.85 bits per heavy atom. The minimum atomic E-state index is 0.469. The first-order valence-corrected chi connectivity index (χ1v) is 5.28. The van der Waals surface area contributed by atoms with Gasteiger partial charge in [-0.15, -0.1) is 11.6 Å². The van der Waals surface area contributed by atoms with Gasteiger partial charge in [-0.1, -0.05) is 15.9 Å². The lowest BCUT2D eigenvalue weighted by Crippen LogP contribution is -2.15. The van der Waals surface area contributed by atoms with Gasteiger partial charge in [-0.05, 0) is 17.7 Å². The molecule has 0 aliphatic carbocycles. The summed E-state index contributed by atoms with van der Waals surface area (Å²) in [4.78, 5) is 0. The molecule has 0 amide bonds. The van der Waals surface area contributed by atoms with Crippen LogP contribution in [0.2, 0.25) is 0 Å². The van der Waals surface area contributed by atoms with E-state index < -0.39 is 0 Å². The Morgan fingerprint density at radius 3 is 2.46 bits per heavy atom. The molecule has 2 rings (SSSR count). The number of hydrogen-bond donors (Lipinski definition) is 0. The molecule has 0 fully saturated rings. The van der Waals surface area contributed by atoms with E-state index in [2.05, 4.69) is 15.9 Å². The summed E-state index contributed by atoms with van der Waals surface area (Å²) in [7, 11) is 0. The summed E-state index contributed by atoms with van der Waals surface area (Å²) in [5.74, 6) is 2.04. The van der Waals surface area contributed by atoms with E-state index in [0.29, 0.717) is 19.1 Å². The molecule has 0 unspecified atom stereocenters. The van der Waals surface area contributed by atoms with Gasteiger partial charge in [-0.3, -0.25) is 0 Å². The van der Waals surface area contributed by atoms with Crippen LogP contribution in [-0.2, 0) is 5.88 Å². The number of rotatable bonds is 1. The Hall–Kier alpha value is -0.410. The normalized spacial score (nSPS) is 14.3. The van der Waals surface area contributed by atoms with Crippen molar-refractivity contribution in [3.8, 4) is 11.5 Å². The molecule has 1 aliphatic heterocycles. The van der Waals surface area contributed by atoms with Gasteiger partial charge in [0, 0.05) is 10.4 Å². The minimum absolute atomic E-state index is 0.469. The summed E-state index contributed by atoms with van der Waals surface area (Å²) in [6, 6.07) is 3.80. The number of alkyl halides is 1. The zero-order chi connectivity index (χ0) is 9.26. The average Bonchev–Trinajstić information content (AvgIpc) is 2.17. The van der Waals surface area contributed by atoms with E-state index in [4.69, 9.17) is 21.1 Å². The molecular weight excluding hydrogens is 255 g/mol. The molecule has 1 heterocycles. The highest BCUT2D eigenvalue weighted by molar-refractivity contribution is 9.10. The highest BCUT2D eigenvalue weighted by atomic mass is 79.9. The fraction of sp³-hybridized carbons (Fsp3) is 0.333. The van der Waals surface area contributed by atoms with Gasteiger partial charge in [-0.25, -0.2) is 0 Å². The maximum Gasteiger partial charge on any atom is 0.162 e. The molecular formula is C9H8BrClO2. The van der Waals surface area contributed by atoms with Crippen molar-refractivity contribution >= 4 is 27.5 Å². The molecule has 1 aliphatic rings. The number of halogens is 2. The third-order valence-corrected chi connectivity index (χ3v) is 2.88. The van der Waals surface area contributed by atoms with Crippen LogP contribution >= 0.6 is 27.5 Å². The predicted molar refractivity (Wildman–Crippen MR) is 54.7 cm³/mol. The molecule has 1 aromatic carbocycles. The van der Waals surface area contributed by atoms with Crippen molar-refractivity contribution in [1.29, 1.82) is 0 Å². The molecule has 70 valence electrons. The Kier molecular flexibility index (Phi) is 2.65. The van der Waals surface area contributed by atoms with E-state index in [1.165, 1.54) is 0 Å². The van der Waals surface area contributed by atoms with Crippen molar-refractivity contribution in [2.75, 3.05) is 13.2 Å². The third-order valence-electron chi connectivity index (χ3n) is 1.86. The Balaban J connectivity index is 2.44. The lowest BCUT2D eigenvalue weighted by atomic mass is 10.2. The minimum Gasteiger partial charge on any atom is -0.486 e. The van der Waals surface area contributed by atoms with E-state index >= 15 is 0 Å². The van der Waals surface area contributed by atoms with E-state index in [0.717, 1.165) is 21.5 Å². The van der Waals surface area contributed by atoms with Crippen molar-refractivity contribution in [3.05, 3.63) is 22.2 Å².